The van der Waals surface area contributed by atoms with Crippen molar-refractivity contribution in [3.8, 4) is 0 Å². The molecule has 1 aliphatic rings. The average molecular weight is 278 g/mol. The Labute approximate surface area is 109 Å². The molecule has 0 unspecified atom stereocenters. The first-order valence-corrected chi connectivity index (χ1v) is 6.06. The van der Waals surface area contributed by atoms with Crippen molar-refractivity contribution in [1.82, 2.24) is 15.0 Å². The molecule has 1 N–H and O–H groups in total. The number of hydrogen-bond acceptors (Lipinski definition) is 5. The van der Waals surface area contributed by atoms with Crippen molar-refractivity contribution in [2.24, 2.45) is 0 Å². The standard InChI is InChI=1S/C10H13Cl2N3O2/c1-6-8(9(11)14-10(12)13-6)2-3-15-4-7(16)5-17-15/h7,16H,2-5H2,1H3/t7-/m0/s1. The average Bonchev–Trinajstić information content (AvgIpc) is 2.62. The summed E-state index contributed by atoms with van der Waals surface area (Å²) < 4.78 is 0. The topological polar surface area (TPSA) is 58.5 Å². The number of aryl methyl sites for hydroxylation is 1. The lowest BCUT2D eigenvalue weighted by Crippen LogP contribution is -2.24. The van der Waals surface area contributed by atoms with E-state index in [0.717, 1.165) is 11.3 Å². The second-order valence-electron chi connectivity index (χ2n) is 3.93. The Morgan fingerprint density at radius 3 is 2.82 bits per heavy atom. The van der Waals surface area contributed by atoms with Gasteiger partial charge in [0.15, 0.2) is 0 Å². The number of aromatic nitrogens is 2. The molecule has 0 bridgehead atoms. The third-order valence-electron chi connectivity index (χ3n) is 2.61. The van der Waals surface area contributed by atoms with Gasteiger partial charge in [0, 0.05) is 17.8 Å². The van der Waals surface area contributed by atoms with Crippen LogP contribution in [-0.4, -0.2) is 45.9 Å². The van der Waals surface area contributed by atoms with Gasteiger partial charge in [-0.3, -0.25) is 4.84 Å². The first-order chi connectivity index (χ1) is 8.06. The van der Waals surface area contributed by atoms with Gasteiger partial charge in [-0.15, -0.1) is 0 Å². The fraction of sp³-hybridized carbons (Fsp3) is 0.600. The van der Waals surface area contributed by atoms with Gasteiger partial charge in [-0.05, 0) is 24.9 Å². The highest BCUT2D eigenvalue weighted by Gasteiger charge is 2.21. The summed E-state index contributed by atoms with van der Waals surface area (Å²) in [4.78, 5) is 13.2. The monoisotopic (exact) mass is 277 g/mol. The van der Waals surface area contributed by atoms with Crippen molar-refractivity contribution in [3.05, 3.63) is 21.7 Å². The number of nitrogens with zero attached hydrogens (tertiary/aromatic N) is 3. The third-order valence-corrected chi connectivity index (χ3v) is 3.09. The Morgan fingerprint density at radius 2 is 2.24 bits per heavy atom. The normalized spacial score (nSPS) is 21.1. The number of hydroxylamine groups is 2. The Hall–Kier alpha value is -0.460. The van der Waals surface area contributed by atoms with Crippen molar-refractivity contribution in [3.63, 3.8) is 0 Å². The molecule has 0 radical (unpaired) electrons. The molecule has 0 spiro atoms. The van der Waals surface area contributed by atoms with Crippen LogP contribution in [0, 0.1) is 6.92 Å². The van der Waals surface area contributed by atoms with Gasteiger partial charge in [-0.2, -0.15) is 5.06 Å². The largest absolute Gasteiger partial charge is 0.389 e. The van der Waals surface area contributed by atoms with E-state index in [2.05, 4.69) is 9.97 Å². The molecule has 1 fully saturated rings. The van der Waals surface area contributed by atoms with Crippen LogP contribution in [0.2, 0.25) is 10.4 Å². The van der Waals surface area contributed by atoms with Crippen LogP contribution < -0.4 is 0 Å². The minimum absolute atomic E-state index is 0.157. The maximum Gasteiger partial charge on any atom is 0.224 e. The van der Waals surface area contributed by atoms with E-state index in [-0.39, 0.29) is 5.28 Å². The van der Waals surface area contributed by atoms with E-state index in [0.29, 0.717) is 31.3 Å². The van der Waals surface area contributed by atoms with Gasteiger partial charge >= 0.3 is 0 Å². The van der Waals surface area contributed by atoms with Gasteiger partial charge in [0.2, 0.25) is 5.28 Å². The summed E-state index contributed by atoms with van der Waals surface area (Å²) >= 11 is 11.7. The molecule has 7 heteroatoms. The van der Waals surface area contributed by atoms with Crippen LogP contribution in [0.1, 0.15) is 11.3 Å². The fourth-order valence-corrected chi connectivity index (χ4v) is 2.30. The molecule has 2 rings (SSSR count). The summed E-state index contributed by atoms with van der Waals surface area (Å²) in [6.07, 6.45) is 0.252. The zero-order chi connectivity index (χ0) is 12.4. The number of aliphatic hydroxyl groups is 1. The maximum absolute atomic E-state index is 9.31. The van der Waals surface area contributed by atoms with E-state index in [1.54, 1.807) is 5.06 Å². The van der Waals surface area contributed by atoms with E-state index in [4.69, 9.17) is 28.0 Å². The Morgan fingerprint density at radius 1 is 1.47 bits per heavy atom. The van der Waals surface area contributed by atoms with Gasteiger partial charge in [-0.1, -0.05) is 11.6 Å². The van der Waals surface area contributed by atoms with E-state index >= 15 is 0 Å². The molecule has 2 heterocycles. The van der Waals surface area contributed by atoms with Crippen LogP contribution in [0.4, 0.5) is 0 Å². The summed E-state index contributed by atoms with van der Waals surface area (Å²) in [5.41, 5.74) is 1.64. The van der Waals surface area contributed by atoms with Gasteiger partial charge in [0.1, 0.15) is 5.15 Å². The van der Waals surface area contributed by atoms with E-state index < -0.39 is 6.10 Å². The molecule has 17 heavy (non-hydrogen) atoms. The molecular formula is C10H13Cl2N3O2. The molecular weight excluding hydrogens is 265 g/mol. The van der Waals surface area contributed by atoms with Crippen LogP contribution >= 0.6 is 23.2 Å². The van der Waals surface area contributed by atoms with Crippen LogP contribution in [-0.2, 0) is 11.3 Å². The Kier molecular flexibility index (Phi) is 4.17. The number of aliphatic hydroxyl groups excluding tert-OH is 1. The predicted octanol–water partition coefficient (Wildman–Crippen LogP) is 1.24. The zero-order valence-corrected chi connectivity index (χ0v) is 10.9. The minimum Gasteiger partial charge on any atom is -0.389 e. The molecule has 1 aliphatic heterocycles. The van der Waals surface area contributed by atoms with E-state index in [9.17, 15) is 5.11 Å². The lowest BCUT2D eigenvalue weighted by molar-refractivity contribution is -0.109. The third kappa shape index (κ3) is 3.26. The highest BCUT2D eigenvalue weighted by atomic mass is 35.5. The first-order valence-electron chi connectivity index (χ1n) is 5.30. The molecule has 1 saturated heterocycles. The Balaban J connectivity index is 1.99. The summed E-state index contributed by atoms with van der Waals surface area (Å²) in [6, 6.07) is 0. The van der Waals surface area contributed by atoms with Crippen LogP contribution in [0.15, 0.2) is 0 Å². The van der Waals surface area contributed by atoms with Crippen LogP contribution in [0.5, 0.6) is 0 Å². The highest BCUT2D eigenvalue weighted by molar-refractivity contribution is 6.32. The lowest BCUT2D eigenvalue weighted by Gasteiger charge is -2.14. The smallest absolute Gasteiger partial charge is 0.224 e. The van der Waals surface area contributed by atoms with E-state index in [1.165, 1.54) is 0 Å². The molecule has 5 nitrogen and oxygen atoms in total. The second-order valence-corrected chi connectivity index (χ2v) is 4.63. The number of β-amino-alcohol motifs (C(OH)–C–C–N with tert-alkyl or cyclic N) is 1. The molecule has 94 valence electrons. The van der Waals surface area contributed by atoms with Gasteiger partial charge in [0.25, 0.3) is 0 Å². The number of hydrogen-bond donors (Lipinski definition) is 1. The molecule has 1 aromatic rings. The van der Waals surface area contributed by atoms with Crippen molar-refractivity contribution >= 4 is 23.2 Å². The van der Waals surface area contributed by atoms with Crippen molar-refractivity contribution in [2.45, 2.75) is 19.4 Å². The minimum atomic E-state index is -0.409. The summed E-state index contributed by atoms with van der Waals surface area (Å²) in [7, 11) is 0. The highest BCUT2D eigenvalue weighted by Crippen LogP contribution is 2.19. The summed E-state index contributed by atoms with van der Waals surface area (Å²) in [5, 5.41) is 11.6. The molecule has 0 saturated carbocycles. The first kappa shape index (κ1) is 13.0. The van der Waals surface area contributed by atoms with Crippen molar-refractivity contribution < 1.29 is 9.94 Å². The maximum atomic E-state index is 9.31. The van der Waals surface area contributed by atoms with E-state index in [1.807, 2.05) is 6.92 Å². The van der Waals surface area contributed by atoms with Crippen LogP contribution in [0.25, 0.3) is 0 Å². The van der Waals surface area contributed by atoms with Crippen LogP contribution in [0.3, 0.4) is 0 Å². The van der Waals surface area contributed by atoms with Gasteiger partial charge in [0.05, 0.1) is 19.3 Å². The SMILES string of the molecule is Cc1nc(Cl)nc(Cl)c1CCN1C[C@H](O)CO1. The van der Waals surface area contributed by atoms with Gasteiger partial charge < -0.3 is 5.11 Å². The molecule has 0 aliphatic carbocycles. The second kappa shape index (κ2) is 5.46. The number of rotatable bonds is 3. The van der Waals surface area contributed by atoms with Gasteiger partial charge in [-0.25, -0.2) is 9.97 Å². The molecule has 1 atom stereocenters. The molecule has 0 aromatic carbocycles. The summed E-state index contributed by atoms with van der Waals surface area (Å²) in [5.74, 6) is 0. The molecule has 1 aromatic heterocycles. The quantitative estimate of drug-likeness (QED) is 0.666. The molecule has 0 amide bonds. The summed E-state index contributed by atoms with van der Waals surface area (Å²) in [6.45, 7) is 3.35. The zero-order valence-electron chi connectivity index (χ0n) is 9.36. The number of halogens is 2. The predicted molar refractivity (Wildman–Crippen MR) is 64.0 cm³/mol. The fourth-order valence-electron chi connectivity index (χ4n) is 1.74. The lowest BCUT2D eigenvalue weighted by atomic mass is 10.2. The van der Waals surface area contributed by atoms with Crippen molar-refractivity contribution in [1.29, 1.82) is 0 Å². The van der Waals surface area contributed by atoms with Crippen molar-refractivity contribution in [2.75, 3.05) is 19.7 Å². The Bertz CT molecular complexity index is 394.